The molecular weight excluding hydrogens is 316 g/mol. The van der Waals surface area contributed by atoms with Gasteiger partial charge in [0.25, 0.3) is 0 Å². The first-order chi connectivity index (χ1) is 10.6. The maximum Gasteiger partial charge on any atom is 0.239 e. The molecule has 126 valence electrons. The minimum atomic E-state index is -3.08. The van der Waals surface area contributed by atoms with Crippen molar-refractivity contribution in [2.45, 2.75) is 33.2 Å². The molecule has 6 nitrogen and oxygen atoms in total. The van der Waals surface area contributed by atoms with Crippen molar-refractivity contribution in [1.29, 1.82) is 0 Å². The molecule has 1 aliphatic rings. The lowest BCUT2D eigenvalue weighted by Gasteiger charge is -2.25. The topological polar surface area (TPSA) is 92.3 Å². The van der Waals surface area contributed by atoms with Gasteiger partial charge in [-0.05, 0) is 38.8 Å². The number of amides is 2. The van der Waals surface area contributed by atoms with Crippen LogP contribution in [0.15, 0.2) is 24.3 Å². The summed E-state index contributed by atoms with van der Waals surface area (Å²) in [4.78, 5) is 24.8. The monoisotopic (exact) mass is 338 g/mol. The Bertz CT molecular complexity index is 725. The third-order valence-electron chi connectivity index (χ3n) is 4.10. The average Bonchev–Trinajstić information content (AvgIpc) is 2.80. The van der Waals surface area contributed by atoms with Gasteiger partial charge in [-0.25, -0.2) is 8.42 Å². The summed E-state index contributed by atoms with van der Waals surface area (Å²) in [7, 11) is -3.08. The highest BCUT2D eigenvalue weighted by molar-refractivity contribution is 7.91. The minimum Gasteiger partial charge on any atom is -0.351 e. The van der Waals surface area contributed by atoms with E-state index in [1.165, 1.54) is 13.8 Å². The predicted molar refractivity (Wildman–Crippen MR) is 88.8 cm³/mol. The molecule has 1 fully saturated rings. The van der Waals surface area contributed by atoms with E-state index in [9.17, 15) is 18.0 Å². The normalized spacial score (nSPS) is 20.0. The van der Waals surface area contributed by atoms with Crippen LogP contribution in [-0.2, 0) is 19.4 Å². The molecule has 1 aliphatic heterocycles. The minimum absolute atomic E-state index is 0.0613. The lowest BCUT2D eigenvalue weighted by molar-refractivity contribution is -0.138. The van der Waals surface area contributed by atoms with Gasteiger partial charge in [-0.2, -0.15) is 0 Å². The van der Waals surface area contributed by atoms with Crippen LogP contribution in [0.5, 0.6) is 0 Å². The van der Waals surface area contributed by atoms with Crippen LogP contribution >= 0.6 is 0 Å². The second-order valence-electron chi connectivity index (χ2n) is 6.47. The number of para-hydroxylation sites is 1. The summed E-state index contributed by atoms with van der Waals surface area (Å²) in [5.74, 6) is -0.877. The number of benzene rings is 1. The van der Waals surface area contributed by atoms with Crippen molar-refractivity contribution < 1.29 is 18.0 Å². The average molecular weight is 338 g/mol. The maximum absolute atomic E-state index is 12.4. The number of aryl methyl sites for hydroxylation is 1. The second kappa shape index (κ2) is 6.31. The Balaban J connectivity index is 2.03. The zero-order valence-electron chi connectivity index (χ0n) is 13.5. The molecule has 1 saturated heterocycles. The standard InChI is InChI=1S/C16H22N2O4S/c1-11-6-4-5-7-13(11)18-15(20)16(2,3)14(19)17-12-8-9-23(21,22)10-12/h4-7,12H,8-10H2,1-3H3,(H,17,19)(H,18,20). The fourth-order valence-corrected chi connectivity index (χ4v) is 4.04. The third-order valence-corrected chi connectivity index (χ3v) is 5.86. The van der Waals surface area contributed by atoms with E-state index in [1.54, 1.807) is 12.1 Å². The number of hydrogen-bond donors (Lipinski definition) is 2. The molecule has 1 aromatic carbocycles. The highest BCUT2D eigenvalue weighted by Gasteiger charge is 2.39. The summed E-state index contributed by atoms with van der Waals surface area (Å²) >= 11 is 0. The Morgan fingerprint density at radius 2 is 1.83 bits per heavy atom. The summed E-state index contributed by atoms with van der Waals surface area (Å²) in [5, 5.41) is 5.43. The number of anilines is 1. The summed E-state index contributed by atoms with van der Waals surface area (Å²) in [6, 6.07) is 6.89. The van der Waals surface area contributed by atoms with Crippen molar-refractivity contribution in [3.8, 4) is 0 Å². The van der Waals surface area contributed by atoms with Gasteiger partial charge in [0, 0.05) is 11.7 Å². The second-order valence-corrected chi connectivity index (χ2v) is 8.70. The van der Waals surface area contributed by atoms with E-state index >= 15 is 0 Å². The van der Waals surface area contributed by atoms with Crippen molar-refractivity contribution in [3.05, 3.63) is 29.8 Å². The fraction of sp³-hybridized carbons (Fsp3) is 0.500. The smallest absolute Gasteiger partial charge is 0.239 e. The zero-order chi connectivity index (χ0) is 17.3. The number of carbonyl (C=O) groups excluding carboxylic acids is 2. The number of carbonyl (C=O) groups is 2. The van der Waals surface area contributed by atoms with Gasteiger partial charge >= 0.3 is 0 Å². The molecule has 1 atom stereocenters. The molecule has 0 radical (unpaired) electrons. The maximum atomic E-state index is 12.4. The zero-order valence-corrected chi connectivity index (χ0v) is 14.4. The van der Waals surface area contributed by atoms with Gasteiger partial charge in [-0.15, -0.1) is 0 Å². The number of rotatable bonds is 4. The predicted octanol–water partition coefficient (Wildman–Crippen LogP) is 1.26. The van der Waals surface area contributed by atoms with Crippen LogP contribution in [0.25, 0.3) is 0 Å². The number of nitrogens with one attached hydrogen (secondary N) is 2. The Kier molecular flexibility index (Phi) is 4.79. The van der Waals surface area contributed by atoms with Gasteiger partial charge in [-0.1, -0.05) is 18.2 Å². The Labute approximate surface area is 136 Å². The quantitative estimate of drug-likeness (QED) is 0.809. The van der Waals surface area contributed by atoms with E-state index in [0.717, 1.165) is 5.56 Å². The van der Waals surface area contributed by atoms with Crippen molar-refractivity contribution in [2.75, 3.05) is 16.8 Å². The summed E-state index contributed by atoms with van der Waals surface area (Å²) < 4.78 is 22.9. The molecule has 0 bridgehead atoms. The van der Waals surface area contributed by atoms with Gasteiger partial charge in [0.2, 0.25) is 11.8 Å². The molecule has 2 rings (SSSR count). The van der Waals surface area contributed by atoms with E-state index < -0.39 is 33.1 Å². The van der Waals surface area contributed by atoms with Gasteiger partial charge in [-0.3, -0.25) is 9.59 Å². The van der Waals surface area contributed by atoms with E-state index in [0.29, 0.717) is 12.1 Å². The lowest BCUT2D eigenvalue weighted by atomic mass is 9.90. The molecule has 1 unspecified atom stereocenters. The lowest BCUT2D eigenvalue weighted by Crippen LogP contribution is -2.48. The Morgan fingerprint density at radius 1 is 1.17 bits per heavy atom. The Morgan fingerprint density at radius 3 is 2.39 bits per heavy atom. The van der Waals surface area contributed by atoms with E-state index in [4.69, 9.17) is 0 Å². The molecular formula is C16H22N2O4S. The van der Waals surface area contributed by atoms with Gasteiger partial charge in [0.1, 0.15) is 5.41 Å². The van der Waals surface area contributed by atoms with Crippen LogP contribution in [0.1, 0.15) is 25.8 Å². The molecule has 7 heteroatoms. The molecule has 0 aromatic heterocycles. The first-order valence-electron chi connectivity index (χ1n) is 7.50. The molecule has 23 heavy (non-hydrogen) atoms. The summed E-state index contributed by atoms with van der Waals surface area (Å²) in [6.07, 6.45) is 0.392. The first-order valence-corrected chi connectivity index (χ1v) is 9.32. The van der Waals surface area contributed by atoms with Gasteiger partial charge < -0.3 is 10.6 Å². The number of sulfone groups is 1. The van der Waals surface area contributed by atoms with E-state index in [-0.39, 0.29) is 11.5 Å². The molecule has 1 aromatic rings. The van der Waals surface area contributed by atoms with Crippen molar-refractivity contribution in [1.82, 2.24) is 5.32 Å². The largest absolute Gasteiger partial charge is 0.351 e. The van der Waals surface area contributed by atoms with Crippen LogP contribution in [-0.4, -0.2) is 37.8 Å². The molecule has 2 amide bonds. The van der Waals surface area contributed by atoms with Gasteiger partial charge in [0.15, 0.2) is 9.84 Å². The Hall–Kier alpha value is -1.89. The van der Waals surface area contributed by atoms with E-state index in [2.05, 4.69) is 10.6 Å². The van der Waals surface area contributed by atoms with Crippen molar-refractivity contribution in [3.63, 3.8) is 0 Å². The fourth-order valence-electron chi connectivity index (χ4n) is 2.37. The van der Waals surface area contributed by atoms with E-state index in [1.807, 2.05) is 19.1 Å². The highest BCUT2D eigenvalue weighted by Crippen LogP contribution is 2.22. The summed E-state index contributed by atoms with van der Waals surface area (Å²) in [6.45, 7) is 4.92. The van der Waals surface area contributed by atoms with Crippen molar-refractivity contribution >= 4 is 27.3 Å². The molecule has 2 N–H and O–H groups in total. The van der Waals surface area contributed by atoms with Crippen molar-refractivity contribution in [2.24, 2.45) is 5.41 Å². The molecule has 1 heterocycles. The van der Waals surface area contributed by atoms with Crippen LogP contribution < -0.4 is 10.6 Å². The van der Waals surface area contributed by atoms with Crippen LogP contribution in [0, 0.1) is 12.3 Å². The third kappa shape index (κ3) is 4.10. The number of hydrogen-bond acceptors (Lipinski definition) is 4. The van der Waals surface area contributed by atoms with Crippen LogP contribution in [0.3, 0.4) is 0 Å². The highest BCUT2D eigenvalue weighted by atomic mass is 32.2. The summed E-state index contributed by atoms with van der Waals surface area (Å²) in [5.41, 5.74) is 0.259. The first kappa shape index (κ1) is 17.5. The molecule has 0 aliphatic carbocycles. The molecule has 0 spiro atoms. The molecule has 0 saturated carbocycles. The SMILES string of the molecule is Cc1ccccc1NC(=O)C(C)(C)C(=O)NC1CCS(=O)(=O)C1. The van der Waals surface area contributed by atoms with Crippen LogP contribution in [0.4, 0.5) is 5.69 Å². The van der Waals surface area contributed by atoms with Gasteiger partial charge in [0.05, 0.1) is 11.5 Å². The van der Waals surface area contributed by atoms with Crippen LogP contribution in [0.2, 0.25) is 0 Å².